The van der Waals surface area contributed by atoms with E-state index in [4.69, 9.17) is 0 Å². The number of benzene rings is 2. The Bertz CT molecular complexity index is 792. The summed E-state index contributed by atoms with van der Waals surface area (Å²) in [5.41, 5.74) is 3.45. The topological polar surface area (TPSA) is 44.9 Å². The fourth-order valence-electron chi connectivity index (χ4n) is 2.15. The summed E-state index contributed by atoms with van der Waals surface area (Å²) in [5.74, 6) is -0.105. The third kappa shape index (κ3) is 2.47. The first-order valence-electron chi connectivity index (χ1n) is 6.28. The number of carbonyl (C=O) groups is 1. The molecule has 3 nitrogen and oxygen atoms in total. The van der Waals surface area contributed by atoms with Crippen LogP contribution in [0.1, 0.15) is 15.9 Å². The van der Waals surface area contributed by atoms with Crippen LogP contribution in [-0.4, -0.2) is 10.9 Å². The Morgan fingerprint density at radius 1 is 1.15 bits per heavy atom. The van der Waals surface area contributed by atoms with Crippen LogP contribution in [0.4, 0.5) is 5.69 Å². The van der Waals surface area contributed by atoms with Crippen LogP contribution in [0.25, 0.3) is 10.9 Å². The first-order valence-corrected chi connectivity index (χ1v) is 7.07. The molecule has 3 aromatic rings. The summed E-state index contributed by atoms with van der Waals surface area (Å²) in [6.07, 6.45) is 1.87. The van der Waals surface area contributed by atoms with Gasteiger partial charge in [0.25, 0.3) is 5.91 Å². The highest BCUT2D eigenvalue weighted by Gasteiger charge is 2.09. The lowest BCUT2D eigenvalue weighted by Gasteiger charge is -2.09. The standard InChI is InChI=1S/C16H13BrN2O/c1-10-8-13(17)4-5-14(10)19-16(20)12-3-2-11-6-7-18-15(11)9-12/h2-9,18H,1H3,(H,19,20). The monoisotopic (exact) mass is 328 g/mol. The van der Waals surface area contributed by atoms with Gasteiger partial charge in [-0.3, -0.25) is 4.79 Å². The third-order valence-corrected chi connectivity index (χ3v) is 3.75. The highest BCUT2D eigenvalue weighted by molar-refractivity contribution is 9.10. The highest BCUT2D eigenvalue weighted by Crippen LogP contribution is 2.21. The molecule has 0 atom stereocenters. The van der Waals surface area contributed by atoms with Crippen LogP contribution in [0, 0.1) is 6.92 Å². The van der Waals surface area contributed by atoms with Crippen LogP contribution in [0.3, 0.4) is 0 Å². The molecule has 0 saturated carbocycles. The number of halogens is 1. The fraction of sp³-hybridized carbons (Fsp3) is 0.0625. The average Bonchev–Trinajstić information content (AvgIpc) is 2.89. The molecule has 2 aromatic carbocycles. The van der Waals surface area contributed by atoms with E-state index >= 15 is 0 Å². The number of H-pyrrole nitrogens is 1. The van der Waals surface area contributed by atoms with E-state index in [9.17, 15) is 4.79 Å². The van der Waals surface area contributed by atoms with Crippen LogP contribution in [0.2, 0.25) is 0 Å². The Balaban J connectivity index is 1.88. The van der Waals surface area contributed by atoms with Crippen molar-refractivity contribution in [1.82, 2.24) is 4.98 Å². The Hall–Kier alpha value is -2.07. The first-order chi connectivity index (χ1) is 9.63. The summed E-state index contributed by atoms with van der Waals surface area (Å²) in [6, 6.07) is 13.4. The maximum Gasteiger partial charge on any atom is 0.255 e. The summed E-state index contributed by atoms with van der Waals surface area (Å²) in [6.45, 7) is 1.97. The molecule has 0 saturated heterocycles. The van der Waals surface area contributed by atoms with Crippen LogP contribution >= 0.6 is 15.9 Å². The van der Waals surface area contributed by atoms with Gasteiger partial charge in [0.05, 0.1) is 0 Å². The molecule has 0 spiro atoms. The molecular weight excluding hydrogens is 316 g/mol. The quantitative estimate of drug-likeness (QED) is 0.715. The van der Waals surface area contributed by atoms with Crippen molar-refractivity contribution in [2.24, 2.45) is 0 Å². The van der Waals surface area contributed by atoms with Crippen molar-refractivity contribution in [3.8, 4) is 0 Å². The number of nitrogens with one attached hydrogen (secondary N) is 2. The van der Waals surface area contributed by atoms with Gasteiger partial charge in [-0.1, -0.05) is 22.0 Å². The van der Waals surface area contributed by atoms with Crippen molar-refractivity contribution >= 4 is 38.4 Å². The predicted molar refractivity (Wildman–Crippen MR) is 85.1 cm³/mol. The van der Waals surface area contributed by atoms with Crippen LogP contribution in [0.15, 0.2) is 53.1 Å². The number of aryl methyl sites for hydroxylation is 1. The minimum absolute atomic E-state index is 0.105. The molecule has 1 aromatic heterocycles. The van der Waals surface area contributed by atoms with Crippen molar-refractivity contribution in [2.45, 2.75) is 6.92 Å². The summed E-state index contributed by atoms with van der Waals surface area (Å²) in [7, 11) is 0. The maximum atomic E-state index is 12.3. The van der Waals surface area contributed by atoms with Crippen molar-refractivity contribution in [1.29, 1.82) is 0 Å². The van der Waals surface area contributed by atoms with Crippen molar-refractivity contribution in [3.05, 3.63) is 64.3 Å². The van der Waals surface area contributed by atoms with Gasteiger partial charge >= 0.3 is 0 Å². The number of hydrogen-bond acceptors (Lipinski definition) is 1. The largest absolute Gasteiger partial charge is 0.361 e. The molecule has 20 heavy (non-hydrogen) atoms. The Morgan fingerprint density at radius 3 is 2.80 bits per heavy atom. The zero-order chi connectivity index (χ0) is 14.1. The number of amides is 1. The molecule has 0 unspecified atom stereocenters. The van der Waals surface area contributed by atoms with E-state index in [1.165, 1.54) is 0 Å². The molecule has 0 aliphatic carbocycles. The molecule has 0 bridgehead atoms. The van der Waals surface area contributed by atoms with E-state index in [1.807, 2.05) is 55.6 Å². The van der Waals surface area contributed by atoms with E-state index in [-0.39, 0.29) is 5.91 Å². The van der Waals surface area contributed by atoms with Gasteiger partial charge in [0.15, 0.2) is 0 Å². The van der Waals surface area contributed by atoms with E-state index in [0.29, 0.717) is 5.56 Å². The lowest BCUT2D eigenvalue weighted by Crippen LogP contribution is -2.12. The van der Waals surface area contributed by atoms with E-state index in [0.717, 1.165) is 26.6 Å². The first kappa shape index (κ1) is 12.9. The van der Waals surface area contributed by atoms with Gasteiger partial charge in [0, 0.05) is 27.4 Å². The number of aromatic amines is 1. The molecule has 1 heterocycles. The Morgan fingerprint density at radius 2 is 2.00 bits per heavy atom. The van der Waals surface area contributed by atoms with Gasteiger partial charge in [0.2, 0.25) is 0 Å². The molecular formula is C16H13BrN2O. The molecule has 2 N–H and O–H groups in total. The average molecular weight is 329 g/mol. The van der Waals surface area contributed by atoms with E-state index < -0.39 is 0 Å². The lowest BCUT2D eigenvalue weighted by molar-refractivity contribution is 0.102. The summed E-state index contributed by atoms with van der Waals surface area (Å²) in [4.78, 5) is 15.4. The third-order valence-electron chi connectivity index (χ3n) is 3.25. The van der Waals surface area contributed by atoms with Crippen molar-refractivity contribution < 1.29 is 4.79 Å². The molecule has 0 aliphatic heterocycles. The number of aromatic nitrogens is 1. The van der Waals surface area contributed by atoms with Crippen LogP contribution in [0.5, 0.6) is 0 Å². The zero-order valence-corrected chi connectivity index (χ0v) is 12.5. The van der Waals surface area contributed by atoms with Gasteiger partial charge < -0.3 is 10.3 Å². The Kier molecular flexibility index (Phi) is 3.32. The maximum absolute atomic E-state index is 12.3. The number of fused-ring (bicyclic) bond motifs is 1. The second-order valence-electron chi connectivity index (χ2n) is 4.69. The van der Waals surface area contributed by atoms with Gasteiger partial charge in [-0.05, 0) is 54.3 Å². The van der Waals surface area contributed by atoms with E-state index in [1.54, 1.807) is 0 Å². The van der Waals surface area contributed by atoms with Gasteiger partial charge in [0.1, 0.15) is 0 Å². The molecule has 4 heteroatoms. The molecule has 0 radical (unpaired) electrons. The molecule has 1 amide bonds. The van der Waals surface area contributed by atoms with Crippen LogP contribution < -0.4 is 5.32 Å². The number of anilines is 1. The number of hydrogen-bond donors (Lipinski definition) is 2. The summed E-state index contributed by atoms with van der Waals surface area (Å²) in [5, 5.41) is 4.04. The Labute approximate surface area is 125 Å². The molecule has 0 fully saturated rings. The lowest BCUT2D eigenvalue weighted by atomic mass is 10.1. The minimum Gasteiger partial charge on any atom is -0.361 e. The van der Waals surface area contributed by atoms with Crippen LogP contribution in [-0.2, 0) is 0 Å². The number of rotatable bonds is 2. The summed E-state index contributed by atoms with van der Waals surface area (Å²) >= 11 is 3.41. The second-order valence-corrected chi connectivity index (χ2v) is 5.61. The smallest absolute Gasteiger partial charge is 0.255 e. The number of carbonyl (C=O) groups excluding carboxylic acids is 1. The van der Waals surface area contributed by atoms with Crippen molar-refractivity contribution in [2.75, 3.05) is 5.32 Å². The van der Waals surface area contributed by atoms with Gasteiger partial charge in [-0.15, -0.1) is 0 Å². The summed E-state index contributed by atoms with van der Waals surface area (Å²) < 4.78 is 1.00. The predicted octanol–water partition coefficient (Wildman–Crippen LogP) is 4.49. The molecule has 3 rings (SSSR count). The van der Waals surface area contributed by atoms with Gasteiger partial charge in [-0.2, -0.15) is 0 Å². The second kappa shape index (κ2) is 5.13. The molecule has 100 valence electrons. The van der Waals surface area contributed by atoms with Crippen molar-refractivity contribution in [3.63, 3.8) is 0 Å². The highest BCUT2D eigenvalue weighted by atomic mass is 79.9. The normalized spacial score (nSPS) is 10.7. The zero-order valence-electron chi connectivity index (χ0n) is 10.9. The SMILES string of the molecule is Cc1cc(Br)ccc1NC(=O)c1ccc2cc[nH]c2c1. The minimum atomic E-state index is -0.105. The fourth-order valence-corrected chi connectivity index (χ4v) is 2.63. The molecule has 0 aliphatic rings. The van der Waals surface area contributed by atoms with E-state index in [2.05, 4.69) is 26.2 Å². The van der Waals surface area contributed by atoms with Gasteiger partial charge in [-0.25, -0.2) is 0 Å².